The van der Waals surface area contributed by atoms with Gasteiger partial charge in [-0.1, -0.05) is 48.0 Å². The Morgan fingerprint density at radius 1 is 1.14 bits per heavy atom. The van der Waals surface area contributed by atoms with Crippen LogP contribution < -0.4 is 5.43 Å². The molecule has 0 spiro atoms. The molecule has 2 aromatic carbocycles. The van der Waals surface area contributed by atoms with Gasteiger partial charge in [-0.25, -0.2) is 4.98 Å². The van der Waals surface area contributed by atoms with Gasteiger partial charge in [-0.15, -0.1) is 0 Å². The Balaban J connectivity index is 1.56. The lowest BCUT2D eigenvalue weighted by atomic mass is 10.1. The first kappa shape index (κ1) is 18.4. The van der Waals surface area contributed by atoms with Crippen LogP contribution in [0.1, 0.15) is 16.7 Å². The number of hydrazone groups is 1. The first-order chi connectivity index (χ1) is 14.1. The van der Waals surface area contributed by atoms with Gasteiger partial charge in [0.25, 0.3) is 5.69 Å². The lowest BCUT2D eigenvalue weighted by molar-refractivity contribution is -0.385. The predicted molar refractivity (Wildman–Crippen MR) is 114 cm³/mol. The average Bonchev–Trinajstić information content (AvgIpc) is 3.08. The van der Waals surface area contributed by atoms with Crippen LogP contribution in [0.15, 0.2) is 78.2 Å². The standard InChI is InChI=1S/C22H19N5O2/c1-16-6-8-17(9-7-16)14-26-15-18(20-4-2-3-5-21(20)26)12-24-25-22-11-10-19(13-23-22)27(28)29/h2-13,15H,14H2,1H3,(H,23,25)/b24-12-. The number of benzene rings is 2. The van der Waals surface area contributed by atoms with Gasteiger partial charge in [0.1, 0.15) is 12.0 Å². The number of fused-ring (bicyclic) bond motifs is 1. The van der Waals surface area contributed by atoms with E-state index in [2.05, 4.69) is 69.6 Å². The molecule has 2 aromatic heterocycles. The van der Waals surface area contributed by atoms with E-state index >= 15 is 0 Å². The fourth-order valence-electron chi connectivity index (χ4n) is 3.13. The van der Waals surface area contributed by atoms with Crippen LogP contribution in [0, 0.1) is 17.0 Å². The largest absolute Gasteiger partial charge is 0.342 e. The van der Waals surface area contributed by atoms with Crippen molar-refractivity contribution >= 4 is 28.6 Å². The maximum atomic E-state index is 10.7. The zero-order chi connectivity index (χ0) is 20.2. The van der Waals surface area contributed by atoms with E-state index in [-0.39, 0.29) is 5.69 Å². The minimum Gasteiger partial charge on any atom is -0.342 e. The van der Waals surface area contributed by atoms with Crippen molar-refractivity contribution < 1.29 is 4.92 Å². The van der Waals surface area contributed by atoms with Crippen molar-refractivity contribution in [1.29, 1.82) is 0 Å². The number of rotatable bonds is 6. The number of para-hydroxylation sites is 1. The van der Waals surface area contributed by atoms with Crippen molar-refractivity contribution in [3.8, 4) is 0 Å². The van der Waals surface area contributed by atoms with Crippen LogP contribution in [0.25, 0.3) is 10.9 Å². The Morgan fingerprint density at radius 2 is 1.93 bits per heavy atom. The average molecular weight is 385 g/mol. The van der Waals surface area contributed by atoms with Gasteiger partial charge in [-0.2, -0.15) is 5.10 Å². The van der Waals surface area contributed by atoms with E-state index in [4.69, 9.17) is 0 Å². The smallest absolute Gasteiger partial charge is 0.287 e. The number of hydrogen-bond acceptors (Lipinski definition) is 5. The van der Waals surface area contributed by atoms with Crippen LogP contribution in [0.3, 0.4) is 0 Å². The molecular weight excluding hydrogens is 366 g/mol. The summed E-state index contributed by atoms with van der Waals surface area (Å²) < 4.78 is 2.20. The molecule has 4 aromatic rings. The van der Waals surface area contributed by atoms with E-state index in [1.165, 1.54) is 29.5 Å². The minimum atomic E-state index is -0.483. The molecule has 0 aliphatic carbocycles. The molecule has 2 heterocycles. The quantitative estimate of drug-likeness (QED) is 0.295. The molecule has 0 unspecified atom stereocenters. The first-order valence-corrected chi connectivity index (χ1v) is 9.13. The zero-order valence-corrected chi connectivity index (χ0v) is 15.8. The number of nitro groups is 1. The van der Waals surface area contributed by atoms with Gasteiger partial charge < -0.3 is 4.57 Å². The van der Waals surface area contributed by atoms with Crippen LogP contribution in [-0.2, 0) is 6.54 Å². The summed E-state index contributed by atoms with van der Waals surface area (Å²) in [7, 11) is 0. The molecule has 4 rings (SSSR count). The van der Waals surface area contributed by atoms with Crippen molar-refractivity contribution in [2.45, 2.75) is 13.5 Å². The summed E-state index contributed by atoms with van der Waals surface area (Å²) >= 11 is 0. The Bertz CT molecular complexity index is 1180. The van der Waals surface area contributed by atoms with Gasteiger partial charge in [0.05, 0.1) is 11.1 Å². The molecule has 1 N–H and O–H groups in total. The van der Waals surface area contributed by atoms with Gasteiger partial charge >= 0.3 is 0 Å². The molecule has 7 nitrogen and oxygen atoms in total. The molecule has 0 saturated carbocycles. The highest BCUT2D eigenvalue weighted by Gasteiger charge is 2.08. The summed E-state index contributed by atoms with van der Waals surface area (Å²) in [6.07, 6.45) is 5.00. The predicted octanol–water partition coefficient (Wildman–Crippen LogP) is 4.75. The highest BCUT2D eigenvalue weighted by atomic mass is 16.6. The molecule has 0 fully saturated rings. The van der Waals surface area contributed by atoms with E-state index in [0.29, 0.717) is 5.82 Å². The molecule has 0 radical (unpaired) electrons. The Morgan fingerprint density at radius 3 is 2.66 bits per heavy atom. The molecule has 0 bridgehead atoms. The van der Waals surface area contributed by atoms with Gasteiger partial charge in [-0.3, -0.25) is 15.5 Å². The van der Waals surface area contributed by atoms with Gasteiger partial charge in [-0.05, 0) is 24.6 Å². The highest BCUT2D eigenvalue weighted by molar-refractivity contribution is 5.99. The topological polar surface area (TPSA) is 85.3 Å². The fourth-order valence-corrected chi connectivity index (χ4v) is 3.13. The molecular formula is C22H19N5O2. The minimum absolute atomic E-state index is 0.0568. The van der Waals surface area contributed by atoms with Gasteiger partial charge in [0.15, 0.2) is 0 Å². The van der Waals surface area contributed by atoms with Crippen LogP contribution in [0.5, 0.6) is 0 Å². The summed E-state index contributed by atoms with van der Waals surface area (Å²) in [5, 5.41) is 16.0. The third-order valence-corrected chi connectivity index (χ3v) is 4.63. The van der Waals surface area contributed by atoms with Crippen LogP contribution in [0.4, 0.5) is 11.5 Å². The Labute approximate surface area is 167 Å². The second-order valence-corrected chi connectivity index (χ2v) is 6.74. The van der Waals surface area contributed by atoms with E-state index in [1.54, 1.807) is 6.21 Å². The maximum Gasteiger partial charge on any atom is 0.287 e. The lowest BCUT2D eigenvalue weighted by Gasteiger charge is -2.06. The number of pyridine rings is 1. The van der Waals surface area contributed by atoms with Crippen LogP contribution in [-0.4, -0.2) is 20.7 Å². The summed E-state index contributed by atoms with van der Waals surface area (Å²) in [6.45, 7) is 2.85. The first-order valence-electron chi connectivity index (χ1n) is 9.13. The van der Waals surface area contributed by atoms with E-state index in [9.17, 15) is 10.1 Å². The van der Waals surface area contributed by atoms with Crippen molar-refractivity contribution in [2.75, 3.05) is 5.43 Å². The second kappa shape index (κ2) is 7.93. The fraction of sp³-hybridized carbons (Fsp3) is 0.0909. The normalized spacial score (nSPS) is 11.2. The van der Waals surface area contributed by atoms with E-state index < -0.39 is 4.92 Å². The van der Waals surface area contributed by atoms with Crippen LogP contribution >= 0.6 is 0 Å². The molecule has 0 aliphatic heterocycles. The molecule has 144 valence electrons. The number of nitrogens with zero attached hydrogens (tertiary/aromatic N) is 4. The molecule has 29 heavy (non-hydrogen) atoms. The van der Waals surface area contributed by atoms with Gasteiger partial charge in [0.2, 0.25) is 0 Å². The van der Waals surface area contributed by atoms with Crippen LogP contribution in [0.2, 0.25) is 0 Å². The molecule has 0 atom stereocenters. The summed E-state index contributed by atoms with van der Waals surface area (Å²) in [6, 6.07) is 19.6. The third kappa shape index (κ3) is 4.14. The SMILES string of the molecule is Cc1ccc(Cn2cc(/C=N\Nc3ccc([N+](=O)[O-])cn3)c3ccccc32)cc1. The Hall–Kier alpha value is -4.00. The number of anilines is 1. The van der Waals surface area contributed by atoms with E-state index in [1.807, 2.05) is 12.1 Å². The Kier molecular flexibility index (Phi) is 5.03. The van der Waals surface area contributed by atoms with Crippen molar-refractivity contribution in [1.82, 2.24) is 9.55 Å². The monoisotopic (exact) mass is 385 g/mol. The lowest BCUT2D eigenvalue weighted by Crippen LogP contribution is -1.98. The number of hydrogen-bond donors (Lipinski definition) is 1. The molecule has 7 heteroatoms. The van der Waals surface area contributed by atoms with Crippen molar-refractivity contribution in [3.63, 3.8) is 0 Å². The second-order valence-electron chi connectivity index (χ2n) is 6.74. The molecule has 0 aliphatic rings. The number of aryl methyl sites for hydroxylation is 1. The van der Waals surface area contributed by atoms with Crippen molar-refractivity contribution in [2.24, 2.45) is 5.10 Å². The molecule has 0 amide bonds. The van der Waals surface area contributed by atoms with E-state index in [0.717, 1.165) is 23.0 Å². The zero-order valence-electron chi connectivity index (χ0n) is 15.8. The summed E-state index contributed by atoms with van der Waals surface area (Å²) in [4.78, 5) is 14.2. The van der Waals surface area contributed by atoms with Gasteiger partial charge in [0, 0.05) is 35.3 Å². The summed E-state index contributed by atoms with van der Waals surface area (Å²) in [5.74, 6) is 0.440. The number of nitrogens with one attached hydrogen (secondary N) is 1. The third-order valence-electron chi connectivity index (χ3n) is 4.63. The molecule has 0 saturated heterocycles. The number of aromatic nitrogens is 2. The highest BCUT2D eigenvalue weighted by Crippen LogP contribution is 2.21. The van der Waals surface area contributed by atoms with Crippen molar-refractivity contribution in [3.05, 3.63) is 99.9 Å². The maximum absolute atomic E-state index is 10.7. The summed E-state index contributed by atoms with van der Waals surface area (Å²) in [5.41, 5.74) is 7.33.